The Bertz CT molecular complexity index is 586. The number of rotatable bonds is 4. The fourth-order valence-electron chi connectivity index (χ4n) is 2.20. The van der Waals surface area contributed by atoms with Crippen LogP contribution >= 0.6 is 11.3 Å². The van der Waals surface area contributed by atoms with Gasteiger partial charge < -0.3 is 15.7 Å². The van der Waals surface area contributed by atoms with Gasteiger partial charge in [-0.1, -0.05) is 0 Å². The molecule has 4 nitrogen and oxygen atoms in total. The lowest BCUT2D eigenvalue weighted by Gasteiger charge is -2.30. The minimum Gasteiger partial charge on any atom is -0.397 e. The summed E-state index contributed by atoms with van der Waals surface area (Å²) in [5, 5.41) is 11.0. The molecule has 0 radical (unpaired) electrons. The molecule has 2 aromatic rings. The fraction of sp³-hybridized carbons (Fsp3) is 0.500. The maximum atomic E-state index is 9.99. The van der Waals surface area contributed by atoms with Crippen LogP contribution in [0.5, 0.6) is 0 Å². The minimum absolute atomic E-state index is 0.544. The van der Waals surface area contributed by atoms with Crippen molar-refractivity contribution in [3.63, 3.8) is 0 Å². The lowest BCUT2D eigenvalue weighted by atomic mass is 10.1. The number of thiazole rings is 1. The predicted octanol–water partition coefficient (Wildman–Crippen LogP) is 2.78. The Morgan fingerprint density at radius 3 is 2.68 bits per heavy atom. The van der Waals surface area contributed by atoms with E-state index in [-0.39, 0.29) is 0 Å². The lowest BCUT2D eigenvalue weighted by molar-refractivity contribution is 0.0876. The fourth-order valence-corrected chi connectivity index (χ4v) is 3.06. The number of likely N-dealkylation sites (N-methyl/N-ethyl adjacent to an activating group) is 1. The Kier molecular flexibility index (Phi) is 3.69. The third-order valence-corrected chi connectivity index (χ3v) is 3.88. The first-order valence-corrected chi connectivity index (χ1v) is 7.26. The summed E-state index contributed by atoms with van der Waals surface area (Å²) in [5.74, 6) is 0. The lowest BCUT2D eigenvalue weighted by Crippen LogP contribution is -2.38. The predicted molar refractivity (Wildman–Crippen MR) is 83.0 cm³/mol. The van der Waals surface area contributed by atoms with Crippen LogP contribution in [0.1, 0.15) is 25.8 Å². The number of aromatic nitrogens is 1. The zero-order valence-electron chi connectivity index (χ0n) is 11.9. The molecule has 2 rings (SSSR count). The SMILES string of the molecule is CCN(CC(C)(C)O)c1cc2nc(C)sc2cc1N. The number of anilines is 2. The summed E-state index contributed by atoms with van der Waals surface area (Å²) >= 11 is 1.65. The molecule has 19 heavy (non-hydrogen) atoms. The molecule has 3 N–H and O–H groups in total. The van der Waals surface area contributed by atoms with Crippen LogP contribution in [0.3, 0.4) is 0 Å². The Balaban J connectivity index is 2.44. The van der Waals surface area contributed by atoms with E-state index in [4.69, 9.17) is 5.73 Å². The van der Waals surface area contributed by atoms with Crippen LogP contribution in [0, 0.1) is 6.92 Å². The molecule has 1 aromatic heterocycles. The molecule has 0 atom stereocenters. The second-order valence-electron chi connectivity index (χ2n) is 5.44. The van der Waals surface area contributed by atoms with Crippen molar-refractivity contribution in [1.82, 2.24) is 4.98 Å². The van der Waals surface area contributed by atoms with Gasteiger partial charge in [-0.3, -0.25) is 0 Å². The number of fused-ring (bicyclic) bond motifs is 1. The first-order valence-electron chi connectivity index (χ1n) is 6.44. The number of hydrogen-bond donors (Lipinski definition) is 2. The molecule has 1 aromatic carbocycles. The highest BCUT2D eigenvalue weighted by atomic mass is 32.1. The molecule has 0 spiro atoms. The summed E-state index contributed by atoms with van der Waals surface area (Å²) in [4.78, 5) is 6.59. The number of benzene rings is 1. The quantitative estimate of drug-likeness (QED) is 0.845. The Labute approximate surface area is 117 Å². The van der Waals surface area contributed by atoms with Crippen molar-refractivity contribution in [2.24, 2.45) is 0 Å². The summed E-state index contributed by atoms with van der Waals surface area (Å²) in [6.45, 7) is 9.00. The largest absolute Gasteiger partial charge is 0.397 e. The van der Waals surface area contributed by atoms with Gasteiger partial charge in [-0.05, 0) is 39.8 Å². The van der Waals surface area contributed by atoms with E-state index < -0.39 is 5.60 Å². The van der Waals surface area contributed by atoms with Crippen molar-refractivity contribution in [1.29, 1.82) is 0 Å². The number of nitrogens with zero attached hydrogens (tertiary/aromatic N) is 2. The number of aliphatic hydroxyl groups is 1. The molecule has 0 bridgehead atoms. The smallest absolute Gasteiger partial charge is 0.0907 e. The third-order valence-electron chi connectivity index (χ3n) is 2.94. The highest BCUT2D eigenvalue weighted by molar-refractivity contribution is 7.18. The second-order valence-corrected chi connectivity index (χ2v) is 6.67. The van der Waals surface area contributed by atoms with E-state index in [1.807, 2.05) is 19.1 Å². The zero-order valence-corrected chi connectivity index (χ0v) is 12.7. The molecule has 104 valence electrons. The summed E-state index contributed by atoms with van der Waals surface area (Å²) in [5.41, 5.74) is 8.05. The zero-order chi connectivity index (χ0) is 14.2. The number of hydrogen-bond acceptors (Lipinski definition) is 5. The van der Waals surface area contributed by atoms with Crippen molar-refractivity contribution in [2.75, 3.05) is 23.7 Å². The number of aryl methyl sites for hydroxylation is 1. The van der Waals surface area contributed by atoms with Crippen molar-refractivity contribution >= 4 is 32.9 Å². The molecule has 5 heteroatoms. The molecule has 0 amide bonds. The maximum absolute atomic E-state index is 9.99. The van der Waals surface area contributed by atoms with Crippen LogP contribution in [-0.4, -0.2) is 28.8 Å². The summed E-state index contributed by atoms with van der Waals surface area (Å²) in [6.07, 6.45) is 0. The van der Waals surface area contributed by atoms with Crippen molar-refractivity contribution in [2.45, 2.75) is 33.3 Å². The summed E-state index contributed by atoms with van der Waals surface area (Å²) in [7, 11) is 0. The van der Waals surface area contributed by atoms with Gasteiger partial charge in [0, 0.05) is 13.1 Å². The Morgan fingerprint density at radius 1 is 1.42 bits per heavy atom. The standard InChI is InChI=1S/C14H21N3OS/c1-5-17(8-14(3,4)18)12-7-11-13(6-10(12)15)19-9(2)16-11/h6-7,18H,5,8,15H2,1-4H3. The molecular weight excluding hydrogens is 258 g/mol. The van der Waals surface area contributed by atoms with Crippen LogP contribution in [0.4, 0.5) is 11.4 Å². The van der Waals surface area contributed by atoms with E-state index in [9.17, 15) is 5.11 Å². The highest BCUT2D eigenvalue weighted by Gasteiger charge is 2.19. The van der Waals surface area contributed by atoms with Crippen molar-refractivity contribution < 1.29 is 5.11 Å². The third kappa shape index (κ3) is 3.16. The van der Waals surface area contributed by atoms with Gasteiger partial charge in [0.15, 0.2) is 0 Å². The van der Waals surface area contributed by atoms with E-state index in [1.165, 1.54) is 0 Å². The molecule has 0 saturated carbocycles. The van der Waals surface area contributed by atoms with E-state index in [0.29, 0.717) is 6.54 Å². The maximum Gasteiger partial charge on any atom is 0.0907 e. The molecule has 0 unspecified atom stereocenters. The van der Waals surface area contributed by atoms with Crippen LogP contribution < -0.4 is 10.6 Å². The van der Waals surface area contributed by atoms with Gasteiger partial charge in [-0.2, -0.15) is 0 Å². The van der Waals surface area contributed by atoms with E-state index in [1.54, 1.807) is 25.2 Å². The molecular formula is C14H21N3OS. The molecule has 1 heterocycles. The van der Waals surface area contributed by atoms with Gasteiger partial charge in [0.2, 0.25) is 0 Å². The average Bonchev–Trinajstić information content (AvgIpc) is 2.63. The van der Waals surface area contributed by atoms with Gasteiger partial charge in [-0.15, -0.1) is 11.3 Å². The van der Waals surface area contributed by atoms with Gasteiger partial charge in [0.05, 0.1) is 32.2 Å². The summed E-state index contributed by atoms with van der Waals surface area (Å²) < 4.78 is 1.11. The van der Waals surface area contributed by atoms with Gasteiger partial charge in [0.25, 0.3) is 0 Å². The van der Waals surface area contributed by atoms with Crippen molar-refractivity contribution in [3.05, 3.63) is 17.1 Å². The van der Waals surface area contributed by atoms with Crippen LogP contribution in [0.15, 0.2) is 12.1 Å². The topological polar surface area (TPSA) is 62.4 Å². The summed E-state index contributed by atoms with van der Waals surface area (Å²) in [6, 6.07) is 3.99. The van der Waals surface area contributed by atoms with Gasteiger partial charge >= 0.3 is 0 Å². The van der Waals surface area contributed by atoms with E-state index in [2.05, 4.69) is 16.8 Å². The van der Waals surface area contributed by atoms with Crippen LogP contribution in [0.25, 0.3) is 10.2 Å². The van der Waals surface area contributed by atoms with E-state index >= 15 is 0 Å². The molecule has 0 aliphatic carbocycles. The average molecular weight is 279 g/mol. The number of nitrogens with two attached hydrogens (primary N) is 1. The van der Waals surface area contributed by atoms with Crippen molar-refractivity contribution in [3.8, 4) is 0 Å². The van der Waals surface area contributed by atoms with E-state index in [0.717, 1.165) is 33.1 Å². The van der Waals surface area contributed by atoms with Crippen LogP contribution in [-0.2, 0) is 0 Å². The highest BCUT2D eigenvalue weighted by Crippen LogP contribution is 2.32. The first kappa shape index (κ1) is 14.1. The Morgan fingerprint density at radius 2 is 2.11 bits per heavy atom. The minimum atomic E-state index is -0.755. The molecule has 0 fully saturated rings. The second kappa shape index (κ2) is 4.98. The first-order chi connectivity index (χ1) is 8.80. The Hall–Kier alpha value is -1.33. The van der Waals surface area contributed by atoms with Gasteiger partial charge in [-0.25, -0.2) is 4.98 Å². The molecule has 0 aliphatic rings. The monoisotopic (exact) mass is 279 g/mol. The van der Waals surface area contributed by atoms with Gasteiger partial charge in [0.1, 0.15) is 0 Å². The normalized spacial score (nSPS) is 12.1. The van der Waals surface area contributed by atoms with Crippen LogP contribution in [0.2, 0.25) is 0 Å². The number of nitrogen functional groups attached to an aromatic ring is 1. The molecule has 0 aliphatic heterocycles. The molecule has 0 saturated heterocycles.